The van der Waals surface area contributed by atoms with Crippen molar-refractivity contribution in [3.05, 3.63) is 29.3 Å². The van der Waals surface area contributed by atoms with Crippen LogP contribution in [0.1, 0.15) is 44.2 Å². The molecular weight excluding hydrogens is 258 g/mol. The maximum atomic E-state index is 10.3. The minimum atomic E-state index is -0.131. The summed E-state index contributed by atoms with van der Waals surface area (Å²) < 4.78 is 0. The minimum absolute atomic E-state index is 0.131. The van der Waals surface area contributed by atoms with Crippen molar-refractivity contribution < 1.29 is 5.11 Å². The molecule has 1 aliphatic carbocycles. The molecule has 0 bridgehead atoms. The Hall–Kier alpha value is -1.02. The predicted octanol–water partition coefficient (Wildman–Crippen LogP) is 4.17. The number of aliphatic hydroxyl groups excluding tert-OH is 1. The Morgan fingerprint density at radius 2 is 1.76 bits per heavy atom. The number of anilines is 1. The van der Waals surface area contributed by atoms with Crippen molar-refractivity contribution in [3.63, 3.8) is 0 Å². The molecule has 0 saturated heterocycles. The van der Waals surface area contributed by atoms with Gasteiger partial charge in [-0.3, -0.25) is 0 Å². The molecule has 2 nitrogen and oxygen atoms in total. The van der Waals surface area contributed by atoms with Crippen LogP contribution >= 0.6 is 0 Å². The molecule has 2 rings (SSSR count). The lowest BCUT2D eigenvalue weighted by Gasteiger charge is -2.37. The third kappa shape index (κ3) is 4.23. The van der Waals surface area contributed by atoms with Gasteiger partial charge in [0, 0.05) is 25.2 Å². The number of nitrogens with zero attached hydrogens (tertiary/aromatic N) is 1. The lowest BCUT2D eigenvalue weighted by molar-refractivity contribution is 0.0414. The molecule has 0 radical (unpaired) electrons. The highest BCUT2D eigenvalue weighted by molar-refractivity contribution is 5.50. The summed E-state index contributed by atoms with van der Waals surface area (Å²) in [4.78, 5) is 2.32. The van der Waals surface area contributed by atoms with Crippen molar-refractivity contribution in [2.24, 2.45) is 17.8 Å². The maximum Gasteiger partial charge on any atom is 0.0585 e. The second-order valence-electron chi connectivity index (χ2n) is 7.37. The molecule has 0 heterocycles. The van der Waals surface area contributed by atoms with Gasteiger partial charge in [-0.2, -0.15) is 0 Å². The standard InChI is InChI=1S/C19H31NO/c1-13(2)16-6-7-19(21)17(11-16)12-20(5)18-9-14(3)8-15(4)10-18/h8-10,13,16-17,19,21H,6-7,11-12H2,1-5H3. The van der Waals surface area contributed by atoms with E-state index in [9.17, 15) is 5.11 Å². The molecule has 1 aromatic rings. The first-order valence-electron chi connectivity index (χ1n) is 8.34. The molecule has 21 heavy (non-hydrogen) atoms. The molecule has 118 valence electrons. The predicted molar refractivity (Wildman–Crippen MR) is 90.9 cm³/mol. The van der Waals surface area contributed by atoms with Crippen molar-refractivity contribution in [3.8, 4) is 0 Å². The van der Waals surface area contributed by atoms with Crippen molar-refractivity contribution >= 4 is 5.69 Å². The second kappa shape index (κ2) is 6.83. The normalized spacial score (nSPS) is 26.1. The van der Waals surface area contributed by atoms with Crippen LogP contribution < -0.4 is 4.90 Å². The van der Waals surface area contributed by atoms with Gasteiger partial charge in [0.25, 0.3) is 0 Å². The van der Waals surface area contributed by atoms with Crippen molar-refractivity contribution in [2.75, 3.05) is 18.5 Å². The minimum Gasteiger partial charge on any atom is -0.393 e. The van der Waals surface area contributed by atoms with Crippen LogP contribution in [-0.4, -0.2) is 24.8 Å². The third-order valence-electron chi connectivity index (χ3n) is 5.08. The molecule has 1 fully saturated rings. The molecular formula is C19H31NO. The molecule has 1 N–H and O–H groups in total. The van der Waals surface area contributed by atoms with Crippen LogP contribution in [0.15, 0.2) is 18.2 Å². The van der Waals surface area contributed by atoms with Gasteiger partial charge in [-0.1, -0.05) is 19.9 Å². The van der Waals surface area contributed by atoms with Gasteiger partial charge in [0.05, 0.1) is 6.10 Å². The van der Waals surface area contributed by atoms with Crippen LogP contribution in [0.5, 0.6) is 0 Å². The van der Waals surface area contributed by atoms with E-state index in [1.54, 1.807) is 0 Å². The fraction of sp³-hybridized carbons (Fsp3) is 0.684. The van der Waals surface area contributed by atoms with Crippen LogP contribution in [0.3, 0.4) is 0 Å². The van der Waals surface area contributed by atoms with Crippen LogP contribution in [0.4, 0.5) is 5.69 Å². The lowest BCUT2D eigenvalue weighted by Crippen LogP contribution is -2.38. The zero-order valence-electron chi connectivity index (χ0n) is 14.3. The summed E-state index contributed by atoms with van der Waals surface area (Å²) in [7, 11) is 2.15. The van der Waals surface area contributed by atoms with E-state index >= 15 is 0 Å². The van der Waals surface area contributed by atoms with Crippen LogP contribution in [0.25, 0.3) is 0 Å². The first-order valence-corrected chi connectivity index (χ1v) is 8.34. The van der Waals surface area contributed by atoms with Crippen LogP contribution in [0.2, 0.25) is 0 Å². The van der Waals surface area contributed by atoms with E-state index in [-0.39, 0.29) is 6.10 Å². The molecule has 1 aliphatic rings. The Morgan fingerprint density at radius 3 is 2.33 bits per heavy atom. The third-order valence-corrected chi connectivity index (χ3v) is 5.08. The van der Waals surface area contributed by atoms with E-state index in [1.165, 1.54) is 23.2 Å². The zero-order chi connectivity index (χ0) is 15.6. The van der Waals surface area contributed by atoms with E-state index in [1.807, 2.05) is 0 Å². The van der Waals surface area contributed by atoms with Gasteiger partial charge in [0.2, 0.25) is 0 Å². The van der Waals surface area contributed by atoms with Gasteiger partial charge in [0.1, 0.15) is 0 Å². The van der Waals surface area contributed by atoms with E-state index in [2.05, 4.69) is 57.8 Å². The van der Waals surface area contributed by atoms with E-state index < -0.39 is 0 Å². The van der Waals surface area contributed by atoms with Gasteiger partial charge >= 0.3 is 0 Å². The molecule has 2 heteroatoms. The Labute approximate surface area is 130 Å². The average molecular weight is 289 g/mol. The SMILES string of the molecule is Cc1cc(C)cc(N(C)CC2CC(C(C)C)CCC2O)c1. The second-order valence-corrected chi connectivity index (χ2v) is 7.37. The number of aryl methyl sites for hydroxylation is 2. The molecule has 1 saturated carbocycles. The van der Waals surface area contributed by atoms with E-state index in [0.717, 1.165) is 31.2 Å². The molecule has 3 atom stereocenters. The van der Waals surface area contributed by atoms with Crippen molar-refractivity contribution in [1.82, 2.24) is 0 Å². The molecule has 0 aliphatic heterocycles. The molecule has 0 aromatic heterocycles. The maximum absolute atomic E-state index is 10.3. The summed E-state index contributed by atoms with van der Waals surface area (Å²) in [6, 6.07) is 6.69. The van der Waals surface area contributed by atoms with Gasteiger partial charge in [0.15, 0.2) is 0 Å². The van der Waals surface area contributed by atoms with Gasteiger partial charge in [-0.05, 0) is 68.2 Å². The molecule has 0 amide bonds. The lowest BCUT2D eigenvalue weighted by atomic mass is 9.74. The highest BCUT2D eigenvalue weighted by Crippen LogP contribution is 2.35. The summed E-state index contributed by atoms with van der Waals surface area (Å²) in [5.41, 5.74) is 3.88. The monoisotopic (exact) mass is 289 g/mol. The fourth-order valence-corrected chi connectivity index (χ4v) is 3.71. The van der Waals surface area contributed by atoms with Crippen LogP contribution in [-0.2, 0) is 0 Å². The summed E-state index contributed by atoms with van der Waals surface area (Å²) in [6.45, 7) is 9.87. The van der Waals surface area contributed by atoms with Gasteiger partial charge in [-0.25, -0.2) is 0 Å². The van der Waals surface area contributed by atoms with E-state index in [4.69, 9.17) is 0 Å². The summed E-state index contributed by atoms with van der Waals surface area (Å²) in [6.07, 6.45) is 3.18. The number of rotatable bonds is 4. The molecule has 3 unspecified atom stereocenters. The Balaban J connectivity index is 2.04. The van der Waals surface area contributed by atoms with Gasteiger partial charge < -0.3 is 10.0 Å². The smallest absolute Gasteiger partial charge is 0.0585 e. The highest BCUT2D eigenvalue weighted by Gasteiger charge is 2.31. The van der Waals surface area contributed by atoms with Crippen molar-refractivity contribution in [2.45, 2.75) is 53.1 Å². The van der Waals surface area contributed by atoms with Crippen molar-refractivity contribution in [1.29, 1.82) is 0 Å². The zero-order valence-corrected chi connectivity index (χ0v) is 14.3. The van der Waals surface area contributed by atoms with E-state index in [0.29, 0.717) is 5.92 Å². The summed E-state index contributed by atoms with van der Waals surface area (Å²) in [5, 5.41) is 10.3. The first kappa shape index (κ1) is 16.4. The number of aliphatic hydroxyl groups is 1. The highest BCUT2D eigenvalue weighted by atomic mass is 16.3. The molecule has 1 aromatic carbocycles. The number of hydrogen-bond acceptors (Lipinski definition) is 2. The Kier molecular flexibility index (Phi) is 5.32. The van der Waals surface area contributed by atoms with Crippen LogP contribution in [0, 0.1) is 31.6 Å². The Bertz CT molecular complexity index is 448. The topological polar surface area (TPSA) is 23.5 Å². The summed E-state index contributed by atoms with van der Waals surface area (Å²) in [5.74, 6) is 1.90. The molecule has 0 spiro atoms. The largest absolute Gasteiger partial charge is 0.393 e. The summed E-state index contributed by atoms with van der Waals surface area (Å²) >= 11 is 0. The average Bonchev–Trinajstić information content (AvgIpc) is 2.39. The number of benzene rings is 1. The van der Waals surface area contributed by atoms with Gasteiger partial charge in [-0.15, -0.1) is 0 Å². The Morgan fingerprint density at radius 1 is 1.14 bits per heavy atom. The quantitative estimate of drug-likeness (QED) is 0.899. The number of hydrogen-bond donors (Lipinski definition) is 1. The fourth-order valence-electron chi connectivity index (χ4n) is 3.71. The first-order chi connectivity index (χ1) is 9.86.